The predicted molar refractivity (Wildman–Crippen MR) is 134 cm³/mol. The Bertz CT molecular complexity index is 1510. The van der Waals surface area contributed by atoms with Gasteiger partial charge < -0.3 is 9.73 Å². The van der Waals surface area contributed by atoms with E-state index in [0.29, 0.717) is 0 Å². The molecule has 1 heterocycles. The van der Waals surface area contributed by atoms with Crippen LogP contribution in [-0.4, -0.2) is 0 Å². The van der Waals surface area contributed by atoms with Gasteiger partial charge in [-0.25, -0.2) is 0 Å². The van der Waals surface area contributed by atoms with Crippen LogP contribution in [-0.2, 0) is 0 Å². The van der Waals surface area contributed by atoms with Gasteiger partial charge in [-0.2, -0.15) is 0 Å². The fraction of sp³-hybridized carbons (Fsp3) is 0. The molecular weight excluding hydrogens is 390 g/mol. The van der Waals surface area contributed by atoms with E-state index in [1.165, 1.54) is 22.3 Å². The summed E-state index contributed by atoms with van der Waals surface area (Å²) in [5.41, 5.74) is 8.71. The molecule has 6 aromatic rings. The molecule has 2 nitrogen and oxygen atoms in total. The summed E-state index contributed by atoms with van der Waals surface area (Å²) < 4.78 is 6.20. The summed E-state index contributed by atoms with van der Waals surface area (Å²) in [4.78, 5) is 0. The summed E-state index contributed by atoms with van der Waals surface area (Å²) in [6, 6.07) is 42.0. The van der Waals surface area contributed by atoms with Crippen LogP contribution in [0.25, 0.3) is 44.2 Å². The van der Waals surface area contributed by atoms with E-state index in [9.17, 15) is 0 Å². The Hall–Kier alpha value is -4.30. The summed E-state index contributed by atoms with van der Waals surface area (Å²) in [6.07, 6.45) is 0. The lowest BCUT2D eigenvalue weighted by Crippen LogP contribution is -1.89. The molecule has 1 N–H and O–H groups in total. The number of para-hydroxylation sites is 1. The largest absolute Gasteiger partial charge is 0.456 e. The molecule has 1 aromatic heterocycles. The summed E-state index contributed by atoms with van der Waals surface area (Å²) in [5, 5.41) is 5.75. The van der Waals surface area contributed by atoms with Crippen molar-refractivity contribution in [3.63, 3.8) is 0 Å². The fourth-order valence-electron chi connectivity index (χ4n) is 4.30. The monoisotopic (exact) mass is 411 g/mol. The lowest BCUT2D eigenvalue weighted by molar-refractivity contribution is 0.669. The van der Waals surface area contributed by atoms with Gasteiger partial charge in [-0.15, -0.1) is 0 Å². The number of anilines is 2. The standard InChI is InChI=1S/C30H21NO/c1-3-8-21(9-4-1)23-16-19-28-27(20-23)30-26(12-7-13-29(30)32-28)22-14-17-25(18-15-22)31-24-10-5-2-6-11-24/h1-20,31H. The molecule has 32 heavy (non-hydrogen) atoms. The second kappa shape index (κ2) is 7.75. The van der Waals surface area contributed by atoms with Gasteiger partial charge in [0.25, 0.3) is 0 Å². The fourth-order valence-corrected chi connectivity index (χ4v) is 4.30. The number of hydrogen-bond donors (Lipinski definition) is 1. The van der Waals surface area contributed by atoms with E-state index in [0.717, 1.165) is 33.3 Å². The number of furan rings is 1. The molecule has 0 aliphatic carbocycles. The van der Waals surface area contributed by atoms with E-state index in [2.05, 4.69) is 96.3 Å². The van der Waals surface area contributed by atoms with E-state index in [4.69, 9.17) is 4.42 Å². The zero-order valence-corrected chi connectivity index (χ0v) is 17.5. The molecule has 152 valence electrons. The Balaban J connectivity index is 1.44. The summed E-state index contributed by atoms with van der Waals surface area (Å²) in [5.74, 6) is 0. The molecule has 0 saturated carbocycles. The van der Waals surface area contributed by atoms with Gasteiger partial charge in [-0.3, -0.25) is 0 Å². The quantitative estimate of drug-likeness (QED) is 0.314. The highest BCUT2D eigenvalue weighted by Crippen LogP contribution is 2.38. The van der Waals surface area contributed by atoms with Gasteiger partial charge in [0.05, 0.1) is 0 Å². The van der Waals surface area contributed by atoms with Gasteiger partial charge in [-0.05, 0) is 64.7 Å². The Kier molecular flexibility index (Phi) is 4.47. The van der Waals surface area contributed by atoms with Crippen molar-refractivity contribution in [2.24, 2.45) is 0 Å². The van der Waals surface area contributed by atoms with E-state index < -0.39 is 0 Å². The predicted octanol–water partition coefficient (Wildman–Crippen LogP) is 8.66. The summed E-state index contributed by atoms with van der Waals surface area (Å²) in [7, 11) is 0. The van der Waals surface area contributed by atoms with Crippen molar-refractivity contribution in [1.29, 1.82) is 0 Å². The highest BCUT2D eigenvalue weighted by Gasteiger charge is 2.13. The lowest BCUT2D eigenvalue weighted by atomic mass is 9.97. The number of fused-ring (bicyclic) bond motifs is 3. The molecule has 0 unspecified atom stereocenters. The lowest BCUT2D eigenvalue weighted by Gasteiger charge is -2.09. The first-order valence-corrected chi connectivity index (χ1v) is 10.8. The first-order chi connectivity index (χ1) is 15.8. The van der Waals surface area contributed by atoms with Crippen LogP contribution in [0.4, 0.5) is 11.4 Å². The van der Waals surface area contributed by atoms with Gasteiger partial charge in [-0.1, -0.05) is 78.9 Å². The summed E-state index contributed by atoms with van der Waals surface area (Å²) in [6.45, 7) is 0. The molecule has 0 bridgehead atoms. The maximum atomic E-state index is 6.20. The Morgan fingerprint density at radius 1 is 0.469 bits per heavy atom. The Labute approximate surface area is 186 Å². The Morgan fingerprint density at radius 2 is 1.16 bits per heavy atom. The van der Waals surface area contributed by atoms with Crippen molar-refractivity contribution in [3.05, 3.63) is 121 Å². The van der Waals surface area contributed by atoms with Gasteiger partial charge in [0, 0.05) is 22.1 Å². The first kappa shape index (κ1) is 18.5. The van der Waals surface area contributed by atoms with E-state index >= 15 is 0 Å². The number of hydrogen-bond acceptors (Lipinski definition) is 2. The van der Waals surface area contributed by atoms with E-state index in [1.807, 2.05) is 30.3 Å². The minimum Gasteiger partial charge on any atom is -0.456 e. The minimum absolute atomic E-state index is 0.911. The van der Waals surface area contributed by atoms with Crippen molar-refractivity contribution in [3.8, 4) is 22.3 Å². The molecule has 0 amide bonds. The van der Waals surface area contributed by atoms with E-state index in [1.54, 1.807) is 0 Å². The second-order valence-electron chi connectivity index (χ2n) is 7.93. The maximum absolute atomic E-state index is 6.20. The summed E-state index contributed by atoms with van der Waals surface area (Å²) >= 11 is 0. The molecule has 0 saturated heterocycles. The molecule has 0 spiro atoms. The normalized spacial score (nSPS) is 11.1. The average molecular weight is 412 g/mol. The second-order valence-corrected chi connectivity index (χ2v) is 7.93. The van der Waals surface area contributed by atoms with Gasteiger partial charge in [0.2, 0.25) is 0 Å². The number of benzene rings is 5. The molecular formula is C30H21NO. The number of nitrogens with one attached hydrogen (secondary N) is 1. The highest BCUT2D eigenvalue weighted by molar-refractivity contribution is 6.13. The topological polar surface area (TPSA) is 25.2 Å². The molecule has 0 aliphatic rings. The third-order valence-electron chi connectivity index (χ3n) is 5.86. The molecule has 0 aliphatic heterocycles. The Morgan fingerprint density at radius 3 is 1.94 bits per heavy atom. The van der Waals surface area contributed by atoms with Crippen molar-refractivity contribution in [2.75, 3.05) is 5.32 Å². The van der Waals surface area contributed by atoms with Crippen LogP contribution >= 0.6 is 0 Å². The molecule has 2 heteroatoms. The molecule has 0 fully saturated rings. The molecule has 0 radical (unpaired) electrons. The minimum atomic E-state index is 0.911. The van der Waals surface area contributed by atoms with Crippen LogP contribution in [0.3, 0.4) is 0 Å². The van der Waals surface area contributed by atoms with Crippen LogP contribution < -0.4 is 5.32 Å². The zero-order valence-electron chi connectivity index (χ0n) is 17.5. The molecule has 0 atom stereocenters. The van der Waals surface area contributed by atoms with Crippen molar-refractivity contribution in [1.82, 2.24) is 0 Å². The van der Waals surface area contributed by atoms with Crippen LogP contribution in [0, 0.1) is 0 Å². The van der Waals surface area contributed by atoms with Crippen LogP contribution in [0.1, 0.15) is 0 Å². The van der Waals surface area contributed by atoms with Crippen molar-refractivity contribution >= 4 is 33.3 Å². The smallest absolute Gasteiger partial charge is 0.136 e. The SMILES string of the molecule is c1ccc(Nc2ccc(-c3cccc4oc5ccc(-c6ccccc6)cc5c34)cc2)cc1. The third kappa shape index (κ3) is 3.32. The number of rotatable bonds is 4. The average Bonchev–Trinajstić information content (AvgIpc) is 3.24. The van der Waals surface area contributed by atoms with Gasteiger partial charge >= 0.3 is 0 Å². The van der Waals surface area contributed by atoms with E-state index in [-0.39, 0.29) is 0 Å². The zero-order chi connectivity index (χ0) is 21.3. The van der Waals surface area contributed by atoms with Crippen molar-refractivity contribution in [2.45, 2.75) is 0 Å². The van der Waals surface area contributed by atoms with Crippen LogP contribution in [0.15, 0.2) is 126 Å². The maximum Gasteiger partial charge on any atom is 0.136 e. The van der Waals surface area contributed by atoms with Crippen LogP contribution in [0.2, 0.25) is 0 Å². The van der Waals surface area contributed by atoms with Crippen LogP contribution in [0.5, 0.6) is 0 Å². The third-order valence-corrected chi connectivity index (χ3v) is 5.86. The van der Waals surface area contributed by atoms with Crippen molar-refractivity contribution < 1.29 is 4.42 Å². The van der Waals surface area contributed by atoms with Gasteiger partial charge in [0.15, 0.2) is 0 Å². The highest BCUT2D eigenvalue weighted by atomic mass is 16.3. The van der Waals surface area contributed by atoms with Gasteiger partial charge in [0.1, 0.15) is 11.2 Å². The molecule has 6 rings (SSSR count). The molecule has 5 aromatic carbocycles. The first-order valence-electron chi connectivity index (χ1n) is 10.8.